The van der Waals surface area contributed by atoms with Crippen LogP contribution in [0.4, 0.5) is 0 Å². The maximum atomic E-state index is 12.3. The van der Waals surface area contributed by atoms with Gasteiger partial charge in [-0.05, 0) is 76.6 Å². The summed E-state index contributed by atoms with van der Waals surface area (Å²) in [5, 5.41) is 30.8. The second-order valence-electron chi connectivity index (χ2n) is 8.14. The molecule has 2 aromatic rings. The van der Waals surface area contributed by atoms with Crippen LogP contribution in [0.5, 0.6) is 17.2 Å². The van der Waals surface area contributed by atoms with Crippen LogP contribution in [-0.4, -0.2) is 28.4 Å². The van der Waals surface area contributed by atoms with Gasteiger partial charge in [0.1, 0.15) is 22.8 Å². The molecule has 2 rings (SSSR count). The SMILES string of the molecule is COc1c(CC=C(C)C)c(O)c(CC=C(C)C)c(CCc2ccc(O)cc2)c1C(=O)O. The monoisotopic (exact) mass is 424 g/mol. The lowest BCUT2D eigenvalue weighted by Gasteiger charge is -2.21. The number of benzene rings is 2. The normalized spacial score (nSPS) is 10.5. The zero-order chi connectivity index (χ0) is 23.1. The molecule has 0 atom stereocenters. The number of phenolic OH excluding ortho intramolecular Hbond substituents is 2. The number of hydrogen-bond acceptors (Lipinski definition) is 4. The number of rotatable bonds is 9. The molecule has 0 radical (unpaired) electrons. The van der Waals surface area contributed by atoms with Gasteiger partial charge in [-0.1, -0.05) is 35.4 Å². The summed E-state index contributed by atoms with van der Waals surface area (Å²) in [7, 11) is 1.44. The molecule has 0 aliphatic rings. The van der Waals surface area contributed by atoms with Crippen LogP contribution in [0.15, 0.2) is 47.6 Å². The van der Waals surface area contributed by atoms with Gasteiger partial charge in [0.25, 0.3) is 0 Å². The van der Waals surface area contributed by atoms with Crippen LogP contribution in [0.2, 0.25) is 0 Å². The lowest BCUT2D eigenvalue weighted by molar-refractivity contribution is 0.0691. The van der Waals surface area contributed by atoms with E-state index in [0.717, 1.165) is 16.7 Å². The summed E-state index contributed by atoms with van der Waals surface area (Å²) in [4.78, 5) is 12.3. The Bertz CT molecular complexity index is 990. The van der Waals surface area contributed by atoms with Gasteiger partial charge in [0.05, 0.1) is 7.11 Å². The van der Waals surface area contributed by atoms with Gasteiger partial charge in [0, 0.05) is 11.1 Å². The Kier molecular flexibility index (Phi) is 8.31. The minimum Gasteiger partial charge on any atom is -0.508 e. The summed E-state index contributed by atoms with van der Waals surface area (Å²) in [6.07, 6.45) is 5.75. The summed E-state index contributed by atoms with van der Waals surface area (Å²) < 4.78 is 5.52. The molecule has 0 unspecified atom stereocenters. The van der Waals surface area contributed by atoms with Crippen molar-refractivity contribution in [2.75, 3.05) is 7.11 Å². The summed E-state index contributed by atoms with van der Waals surface area (Å²) in [6.45, 7) is 7.85. The average molecular weight is 425 g/mol. The van der Waals surface area contributed by atoms with Crippen LogP contribution in [0.3, 0.4) is 0 Å². The minimum atomic E-state index is -1.07. The molecule has 0 spiro atoms. The molecular formula is C26H32O5. The van der Waals surface area contributed by atoms with Crippen molar-refractivity contribution in [3.63, 3.8) is 0 Å². The zero-order valence-corrected chi connectivity index (χ0v) is 19.0. The number of aryl methyl sites for hydroxylation is 1. The Morgan fingerprint density at radius 3 is 1.90 bits per heavy atom. The number of phenols is 2. The minimum absolute atomic E-state index is 0.0950. The highest BCUT2D eigenvalue weighted by Crippen LogP contribution is 2.40. The van der Waals surface area contributed by atoms with Crippen molar-refractivity contribution >= 4 is 5.97 Å². The van der Waals surface area contributed by atoms with E-state index in [9.17, 15) is 20.1 Å². The highest BCUT2D eigenvalue weighted by Gasteiger charge is 2.27. The molecule has 0 amide bonds. The summed E-state index contributed by atoms with van der Waals surface area (Å²) in [5.41, 5.74) is 4.92. The van der Waals surface area contributed by atoms with Gasteiger partial charge in [-0.25, -0.2) is 4.79 Å². The predicted molar refractivity (Wildman–Crippen MR) is 123 cm³/mol. The fourth-order valence-corrected chi connectivity index (χ4v) is 3.55. The molecule has 0 aliphatic carbocycles. The van der Waals surface area contributed by atoms with E-state index < -0.39 is 5.97 Å². The smallest absolute Gasteiger partial charge is 0.339 e. The molecule has 5 heteroatoms. The summed E-state index contributed by atoms with van der Waals surface area (Å²) >= 11 is 0. The molecule has 0 aliphatic heterocycles. The third kappa shape index (κ3) is 6.14. The number of carboxylic acids is 1. The molecule has 0 saturated carbocycles. The largest absolute Gasteiger partial charge is 0.508 e. The Labute approximate surface area is 184 Å². The highest BCUT2D eigenvalue weighted by molar-refractivity contribution is 5.94. The summed E-state index contributed by atoms with van der Waals surface area (Å²) in [5.74, 6) is -0.585. The van der Waals surface area contributed by atoms with E-state index in [1.54, 1.807) is 12.1 Å². The third-order valence-electron chi connectivity index (χ3n) is 5.19. The standard InChI is InChI=1S/C26H32O5/c1-16(2)6-13-21-20(15-10-18-8-11-19(27)12-9-18)23(26(29)30)25(31-5)22(24(21)28)14-7-17(3)4/h6-9,11-12,27-28H,10,13-15H2,1-5H3,(H,29,30). The van der Waals surface area contributed by atoms with E-state index in [1.165, 1.54) is 7.11 Å². The van der Waals surface area contributed by atoms with Crippen LogP contribution in [0, 0.1) is 0 Å². The number of hydrogen-bond donors (Lipinski definition) is 3. The van der Waals surface area contributed by atoms with Gasteiger partial charge in [-0.3, -0.25) is 0 Å². The average Bonchev–Trinajstić information content (AvgIpc) is 2.70. The Balaban J connectivity index is 2.69. The molecule has 0 bridgehead atoms. The molecule has 0 heterocycles. The molecule has 166 valence electrons. The molecule has 3 N–H and O–H groups in total. The number of carbonyl (C=O) groups is 1. The first kappa shape index (κ1) is 24.1. The second kappa shape index (κ2) is 10.7. The lowest BCUT2D eigenvalue weighted by atomic mass is 9.87. The number of carboxylic acid groups (broad SMARTS) is 1. The van der Waals surface area contributed by atoms with Crippen LogP contribution in [0.25, 0.3) is 0 Å². The van der Waals surface area contributed by atoms with E-state index >= 15 is 0 Å². The van der Waals surface area contributed by atoms with Crippen molar-refractivity contribution in [3.8, 4) is 17.2 Å². The second-order valence-corrected chi connectivity index (χ2v) is 8.14. The molecule has 0 saturated heterocycles. The van der Waals surface area contributed by atoms with E-state index in [4.69, 9.17) is 4.74 Å². The number of allylic oxidation sites excluding steroid dienone is 4. The maximum Gasteiger partial charge on any atom is 0.339 e. The van der Waals surface area contributed by atoms with Gasteiger partial charge < -0.3 is 20.1 Å². The maximum absolute atomic E-state index is 12.3. The number of aromatic carboxylic acids is 1. The quantitative estimate of drug-likeness (QED) is 0.456. The fraction of sp³-hybridized carbons (Fsp3) is 0.346. The van der Waals surface area contributed by atoms with Crippen molar-refractivity contribution in [2.45, 2.75) is 53.4 Å². The van der Waals surface area contributed by atoms with E-state index in [0.29, 0.717) is 42.4 Å². The Morgan fingerprint density at radius 1 is 0.871 bits per heavy atom. The zero-order valence-electron chi connectivity index (χ0n) is 19.0. The number of ether oxygens (including phenoxy) is 1. The molecular weight excluding hydrogens is 392 g/mol. The van der Waals surface area contributed by atoms with Gasteiger partial charge in [0.2, 0.25) is 0 Å². The number of aromatic hydroxyl groups is 2. The third-order valence-corrected chi connectivity index (χ3v) is 5.19. The fourth-order valence-electron chi connectivity index (χ4n) is 3.55. The molecule has 0 fully saturated rings. The van der Waals surface area contributed by atoms with Crippen LogP contribution >= 0.6 is 0 Å². The summed E-state index contributed by atoms with van der Waals surface area (Å²) in [6, 6.07) is 6.84. The Morgan fingerprint density at radius 2 is 1.42 bits per heavy atom. The van der Waals surface area contributed by atoms with E-state index in [-0.39, 0.29) is 22.8 Å². The highest BCUT2D eigenvalue weighted by atomic mass is 16.5. The van der Waals surface area contributed by atoms with Crippen LogP contribution in [-0.2, 0) is 25.7 Å². The van der Waals surface area contributed by atoms with Crippen molar-refractivity contribution in [2.24, 2.45) is 0 Å². The van der Waals surface area contributed by atoms with Crippen molar-refractivity contribution in [1.29, 1.82) is 0 Å². The number of methoxy groups -OCH3 is 1. The topological polar surface area (TPSA) is 87.0 Å². The molecule has 0 aromatic heterocycles. The van der Waals surface area contributed by atoms with E-state index in [1.807, 2.05) is 52.0 Å². The first-order valence-corrected chi connectivity index (χ1v) is 10.4. The predicted octanol–water partition coefficient (Wildman–Crippen LogP) is 5.61. The van der Waals surface area contributed by atoms with Gasteiger partial charge in [-0.2, -0.15) is 0 Å². The van der Waals surface area contributed by atoms with Crippen LogP contribution < -0.4 is 4.74 Å². The first-order chi connectivity index (χ1) is 14.6. The van der Waals surface area contributed by atoms with Gasteiger partial charge in [0.15, 0.2) is 0 Å². The molecule has 2 aromatic carbocycles. The van der Waals surface area contributed by atoms with Gasteiger partial charge in [-0.15, -0.1) is 0 Å². The Hall–Kier alpha value is -3.21. The molecule has 31 heavy (non-hydrogen) atoms. The van der Waals surface area contributed by atoms with Crippen molar-refractivity contribution in [3.05, 3.63) is 75.4 Å². The lowest BCUT2D eigenvalue weighted by Crippen LogP contribution is -2.13. The van der Waals surface area contributed by atoms with Crippen molar-refractivity contribution in [1.82, 2.24) is 0 Å². The van der Waals surface area contributed by atoms with Crippen LogP contribution in [0.1, 0.15) is 60.3 Å². The first-order valence-electron chi connectivity index (χ1n) is 10.4. The molecule has 5 nitrogen and oxygen atoms in total. The van der Waals surface area contributed by atoms with E-state index in [2.05, 4.69) is 0 Å². The van der Waals surface area contributed by atoms with Crippen molar-refractivity contribution < 1.29 is 24.9 Å². The van der Waals surface area contributed by atoms with Gasteiger partial charge >= 0.3 is 5.97 Å².